The van der Waals surface area contributed by atoms with Crippen molar-refractivity contribution in [3.05, 3.63) is 35.4 Å². The summed E-state index contributed by atoms with van der Waals surface area (Å²) in [4.78, 5) is 27.5. The Labute approximate surface area is 342 Å². The van der Waals surface area contributed by atoms with Crippen LogP contribution in [0.1, 0.15) is 238 Å². The molecule has 1 rings (SSSR count). The number of ether oxygens (including phenoxy) is 2. The Kier molecular flexibility index (Phi) is 36.2. The third-order valence-corrected chi connectivity index (χ3v) is 11.4. The molecule has 0 N–H and O–H groups in total. The number of unbranched alkanes of at least 4 members (excludes halogenated alkanes) is 21. The summed E-state index contributed by atoms with van der Waals surface area (Å²) >= 11 is 0. The summed E-state index contributed by atoms with van der Waals surface area (Å²) in [7, 11) is 0. The number of hydrogen-bond acceptors (Lipinski definition) is 5. The van der Waals surface area contributed by atoms with Gasteiger partial charge in [-0.1, -0.05) is 174 Å². The van der Waals surface area contributed by atoms with E-state index in [1.807, 2.05) is 0 Å². The van der Waals surface area contributed by atoms with Gasteiger partial charge < -0.3 is 14.4 Å². The lowest BCUT2D eigenvalue weighted by molar-refractivity contribution is -0.150. The first kappa shape index (κ1) is 51.1. The topological polar surface area (TPSA) is 55.8 Å². The van der Waals surface area contributed by atoms with Crippen LogP contribution in [0.25, 0.3) is 0 Å². The predicted molar refractivity (Wildman–Crippen MR) is 237 cm³/mol. The number of rotatable bonds is 41. The highest BCUT2D eigenvalue weighted by molar-refractivity contribution is 5.69. The van der Waals surface area contributed by atoms with Gasteiger partial charge in [0.15, 0.2) is 0 Å². The Balaban J connectivity index is 2.06. The maximum absolute atomic E-state index is 12.8. The second kappa shape index (κ2) is 39.0. The Morgan fingerprint density at radius 2 is 0.873 bits per heavy atom. The van der Waals surface area contributed by atoms with E-state index in [1.165, 1.54) is 165 Å². The first-order valence-corrected chi connectivity index (χ1v) is 24.2. The van der Waals surface area contributed by atoms with E-state index in [0.717, 1.165) is 64.3 Å². The smallest absolute Gasteiger partial charge is 0.306 e. The molecular formula is C50H91NO4. The minimum Gasteiger partial charge on any atom is -0.466 e. The molecule has 1 aromatic rings. The van der Waals surface area contributed by atoms with Crippen LogP contribution in [0.15, 0.2) is 24.3 Å². The van der Waals surface area contributed by atoms with Crippen LogP contribution in [0.5, 0.6) is 0 Å². The van der Waals surface area contributed by atoms with Gasteiger partial charge in [-0.25, -0.2) is 0 Å². The normalized spacial score (nSPS) is 11.5. The Hall–Kier alpha value is -1.88. The molecular weight excluding hydrogens is 679 g/mol. The number of nitrogens with zero attached hydrogens (tertiary/aromatic N) is 1. The number of esters is 2. The van der Waals surface area contributed by atoms with Crippen LogP contribution >= 0.6 is 0 Å². The molecule has 0 saturated heterocycles. The minimum atomic E-state index is -0.0381. The van der Waals surface area contributed by atoms with Crippen molar-refractivity contribution in [2.45, 2.75) is 246 Å². The van der Waals surface area contributed by atoms with Gasteiger partial charge in [-0.3, -0.25) is 9.59 Å². The molecule has 0 amide bonds. The highest BCUT2D eigenvalue weighted by Crippen LogP contribution is 2.19. The lowest BCUT2D eigenvalue weighted by atomic mass is 10.0. The van der Waals surface area contributed by atoms with Gasteiger partial charge in [-0.05, 0) is 108 Å². The first-order chi connectivity index (χ1) is 27.0. The number of benzene rings is 1. The highest BCUT2D eigenvalue weighted by atomic mass is 16.5. The van der Waals surface area contributed by atoms with Gasteiger partial charge in [0.2, 0.25) is 0 Å². The number of carbonyl (C=O) groups is 2. The third kappa shape index (κ3) is 32.9. The van der Waals surface area contributed by atoms with Crippen molar-refractivity contribution in [2.75, 3.05) is 26.2 Å². The number of hydrogen-bond donors (Lipinski definition) is 0. The molecule has 0 bridgehead atoms. The zero-order valence-corrected chi connectivity index (χ0v) is 37.1. The molecule has 0 spiro atoms. The molecule has 0 radical (unpaired) electrons. The Morgan fingerprint density at radius 1 is 0.473 bits per heavy atom. The van der Waals surface area contributed by atoms with E-state index >= 15 is 0 Å². The van der Waals surface area contributed by atoms with E-state index in [2.05, 4.69) is 56.9 Å². The SMILES string of the molecule is CCCCCCCCCC(CCCCCCCCC)OC(=O)CCCCCCCN(CC)CCCCCCCC(=O)OCCCc1ccc(CCCC)cc1. The molecule has 0 aliphatic heterocycles. The molecule has 0 heterocycles. The summed E-state index contributed by atoms with van der Waals surface area (Å²) in [5.41, 5.74) is 2.74. The molecule has 0 aromatic heterocycles. The fourth-order valence-electron chi connectivity index (χ4n) is 7.65. The van der Waals surface area contributed by atoms with E-state index < -0.39 is 0 Å². The summed E-state index contributed by atoms with van der Waals surface area (Å²) in [5.74, 6) is 0.00205. The molecule has 55 heavy (non-hydrogen) atoms. The van der Waals surface area contributed by atoms with E-state index in [-0.39, 0.29) is 18.0 Å². The van der Waals surface area contributed by atoms with Gasteiger partial charge in [0.25, 0.3) is 0 Å². The maximum atomic E-state index is 12.8. The van der Waals surface area contributed by atoms with Crippen molar-refractivity contribution in [1.82, 2.24) is 4.90 Å². The van der Waals surface area contributed by atoms with E-state index in [9.17, 15) is 9.59 Å². The Bertz CT molecular complexity index is 961. The fraction of sp³-hybridized carbons (Fsp3) is 0.840. The van der Waals surface area contributed by atoms with Crippen molar-refractivity contribution < 1.29 is 19.1 Å². The second-order valence-corrected chi connectivity index (χ2v) is 16.6. The zero-order valence-electron chi connectivity index (χ0n) is 37.1. The second-order valence-electron chi connectivity index (χ2n) is 16.6. The van der Waals surface area contributed by atoms with Crippen molar-refractivity contribution in [3.63, 3.8) is 0 Å². The zero-order chi connectivity index (χ0) is 39.9. The molecule has 5 heteroatoms. The molecule has 1 aromatic carbocycles. The van der Waals surface area contributed by atoms with Crippen LogP contribution in [0, 0.1) is 0 Å². The summed E-state index contributed by atoms with van der Waals surface area (Å²) in [6, 6.07) is 8.93. The van der Waals surface area contributed by atoms with Crippen molar-refractivity contribution in [3.8, 4) is 0 Å². The van der Waals surface area contributed by atoms with E-state index in [1.54, 1.807) is 0 Å². The van der Waals surface area contributed by atoms with Gasteiger partial charge in [-0.15, -0.1) is 0 Å². The summed E-state index contributed by atoms with van der Waals surface area (Å²) in [6.07, 6.45) is 38.7. The Morgan fingerprint density at radius 3 is 1.35 bits per heavy atom. The van der Waals surface area contributed by atoms with Gasteiger partial charge in [0.1, 0.15) is 6.10 Å². The largest absolute Gasteiger partial charge is 0.466 e. The fourth-order valence-corrected chi connectivity index (χ4v) is 7.65. The quantitative estimate of drug-likeness (QED) is 0.0490. The van der Waals surface area contributed by atoms with Gasteiger partial charge in [0, 0.05) is 12.8 Å². The standard InChI is InChI=1S/C50H91NO4/c1-5-9-12-14-16-20-26-35-48(36-27-21-17-15-13-10-6-2)55-50(53)38-29-23-19-25-31-44-51(8-4)43-30-24-18-22-28-37-49(52)54-45-32-34-47-41-39-46(40-42-47)33-11-7-3/h39-42,48H,5-38,43-45H2,1-4H3. The first-order valence-electron chi connectivity index (χ1n) is 24.2. The van der Waals surface area contributed by atoms with Crippen LogP contribution in [-0.2, 0) is 31.9 Å². The van der Waals surface area contributed by atoms with Gasteiger partial charge in [-0.2, -0.15) is 0 Å². The van der Waals surface area contributed by atoms with Gasteiger partial charge >= 0.3 is 11.9 Å². The van der Waals surface area contributed by atoms with Crippen molar-refractivity contribution in [2.24, 2.45) is 0 Å². The maximum Gasteiger partial charge on any atom is 0.306 e. The molecule has 5 nitrogen and oxygen atoms in total. The van der Waals surface area contributed by atoms with Crippen molar-refractivity contribution in [1.29, 1.82) is 0 Å². The molecule has 0 saturated carbocycles. The lowest BCUT2D eigenvalue weighted by Gasteiger charge is -2.20. The average molecular weight is 770 g/mol. The third-order valence-electron chi connectivity index (χ3n) is 11.4. The van der Waals surface area contributed by atoms with Crippen molar-refractivity contribution >= 4 is 11.9 Å². The van der Waals surface area contributed by atoms with Crippen LogP contribution < -0.4 is 0 Å². The van der Waals surface area contributed by atoms with Crippen LogP contribution in [0.2, 0.25) is 0 Å². The van der Waals surface area contributed by atoms with E-state index in [4.69, 9.17) is 9.47 Å². The molecule has 0 fully saturated rings. The summed E-state index contributed by atoms with van der Waals surface area (Å²) < 4.78 is 11.6. The predicted octanol–water partition coefficient (Wildman–Crippen LogP) is 14.7. The summed E-state index contributed by atoms with van der Waals surface area (Å²) in [5, 5.41) is 0. The average Bonchev–Trinajstić information content (AvgIpc) is 3.19. The van der Waals surface area contributed by atoms with E-state index in [0.29, 0.717) is 19.4 Å². The van der Waals surface area contributed by atoms with Gasteiger partial charge in [0.05, 0.1) is 6.61 Å². The van der Waals surface area contributed by atoms with Crippen LogP contribution in [-0.4, -0.2) is 49.2 Å². The molecule has 0 aliphatic rings. The number of aryl methyl sites for hydroxylation is 2. The molecule has 0 atom stereocenters. The lowest BCUT2D eigenvalue weighted by Crippen LogP contribution is -2.25. The van der Waals surface area contributed by atoms with Crippen LogP contribution in [0.4, 0.5) is 0 Å². The monoisotopic (exact) mass is 770 g/mol. The molecule has 0 aliphatic carbocycles. The molecule has 0 unspecified atom stereocenters. The number of carbonyl (C=O) groups excluding carboxylic acids is 2. The minimum absolute atomic E-state index is 0.0381. The summed E-state index contributed by atoms with van der Waals surface area (Å²) in [6.45, 7) is 13.0. The highest BCUT2D eigenvalue weighted by Gasteiger charge is 2.14. The van der Waals surface area contributed by atoms with Crippen LogP contribution in [0.3, 0.4) is 0 Å². The molecule has 320 valence electrons.